The summed E-state index contributed by atoms with van der Waals surface area (Å²) < 4.78 is 13.4. The van der Waals surface area contributed by atoms with Gasteiger partial charge in [0, 0.05) is 21.9 Å². The number of carbonyl (C=O) groups excluding carboxylic acids is 2. The van der Waals surface area contributed by atoms with Gasteiger partial charge in [-0.25, -0.2) is 9.59 Å². The zero-order valence-electron chi connectivity index (χ0n) is 21.4. The summed E-state index contributed by atoms with van der Waals surface area (Å²) in [7, 11) is 0. The van der Waals surface area contributed by atoms with Crippen molar-refractivity contribution >= 4 is 43.9 Å². The van der Waals surface area contributed by atoms with Crippen LogP contribution in [0.3, 0.4) is 0 Å². The van der Waals surface area contributed by atoms with E-state index in [4.69, 9.17) is 9.47 Å². The molecule has 0 spiro atoms. The molecule has 0 aromatic heterocycles. The molecule has 35 heavy (non-hydrogen) atoms. The van der Waals surface area contributed by atoms with Gasteiger partial charge in [0.15, 0.2) is 0 Å². The quantitative estimate of drug-likeness (QED) is 0.352. The number of aliphatic hydroxyl groups excluding tert-OH is 1. The van der Waals surface area contributed by atoms with Crippen LogP contribution in [0.1, 0.15) is 78.8 Å². The average molecular weight is 615 g/mol. The highest BCUT2D eigenvalue weighted by Gasteiger charge is 2.42. The SMILES string of the molecule is CC(C)[C@@H]1CC[C@@H](C)C[C@H]1OC(=O)C1=C(O)CCN(C(=O)OC(C)(C)C)[C@@H]1c1cc(Br)cc(Br)c1. The second-order valence-corrected chi connectivity index (χ2v) is 13.0. The normalized spacial score (nSPS) is 25.6. The fourth-order valence-electron chi connectivity index (χ4n) is 5.08. The summed E-state index contributed by atoms with van der Waals surface area (Å²) >= 11 is 7.02. The number of hydrogen-bond donors (Lipinski definition) is 1. The molecule has 1 saturated carbocycles. The number of nitrogens with zero attached hydrogens (tertiary/aromatic N) is 1. The highest BCUT2D eigenvalue weighted by Crippen LogP contribution is 2.41. The lowest BCUT2D eigenvalue weighted by Crippen LogP contribution is -2.45. The van der Waals surface area contributed by atoms with Crippen molar-refractivity contribution in [3.05, 3.63) is 44.0 Å². The highest BCUT2D eigenvalue weighted by atomic mass is 79.9. The summed E-state index contributed by atoms with van der Waals surface area (Å²) in [5.41, 5.74) is 0.0760. The summed E-state index contributed by atoms with van der Waals surface area (Å²) in [6, 6.07) is 4.73. The molecule has 8 heteroatoms. The Morgan fingerprint density at radius 1 is 1.11 bits per heavy atom. The van der Waals surface area contributed by atoms with Gasteiger partial charge in [-0.3, -0.25) is 4.90 Å². The first kappa shape index (κ1) is 28.0. The maximum absolute atomic E-state index is 13.7. The zero-order chi connectivity index (χ0) is 26.1. The van der Waals surface area contributed by atoms with Crippen LogP contribution < -0.4 is 0 Å². The van der Waals surface area contributed by atoms with Crippen LogP contribution in [0.4, 0.5) is 4.79 Å². The minimum Gasteiger partial charge on any atom is -0.512 e. The van der Waals surface area contributed by atoms with Gasteiger partial charge < -0.3 is 14.6 Å². The van der Waals surface area contributed by atoms with Crippen LogP contribution in [0.5, 0.6) is 0 Å². The molecule has 0 saturated heterocycles. The van der Waals surface area contributed by atoms with Gasteiger partial charge in [0.1, 0.15) is 23.0 Å². The van der Waals surface area contributed by atoms with E-state index in [0.717, 1.165) is 28.2 Å². The Labute approximate surface area is 225 Å². The molecule has 0 radical (unpaired) electrons. The molecule has 1 aromatic rings. The minimum atomic E-state index is -0.835. The predicted molar refractivity (Wildman–Crippen MR) is 143 cm³/mol. The van der Waals surface area contributed by atoms with Crippen LogP contribution >= 0.6 is 31.9 Å². The number of ether oxygens (including phenoxy) is 2. The summed E-state index contributed by atoms with van der Waals surface area (Å²) in [5.74, 6) is 0.500. The Morgan fingerprint density at radius 3 is 2.31 bits per heavy atom. The van der Waals surface area contributed by atoms with E-state index in [2.05, 4.69) is 52.6 Å². The van der Waals surface area contributed by atoms with E-state index >= 15 is 0 Å². The summed E-state index contributed by atoms with van der Waals surface area (Å²) in [4.78, 5) is 28.5. The van der Waals surface area contributed by atoms with Crippen molar-refractivity contribution in [3.8, 4) is 0 Å². The van der Waals surface area contributed by atoms with Gasteiger partial charge >= 0.3 is 12.1 Å². The smallest absolute Gasteiger partial charge is 0.411 e. The monoisotopic (exact) mass is 613 g/mol. The average Bonchev–Trinajstić information content (AvgIpc) is 2.71. The van der Waals surface area contributed by atoms with E-state index in [1.54, 1.807) is 20.8 Å². The predicted octanol–water partition coefficient (Wildman–Crippen LogP) is 7.71. The minimum absolute atomic E-state index is 0.0409. The van der Waals surface area contributed by atoms with Gasteiger partial charge in [-0.15, -0.1) is 0 Å². The molecule has 1 fully saturated rings. The van der Waals surface area contributed by atoms with Crippen LogP contribution in [-0.4, -0.2) is 40.3 Å². The molecule has 1 aromatic carbocycles. The van der Waals surface area contributed by atoms with E-state index in [1.165, 1.54) is 4.90 Å². The van der Waals surface area contributed by atoms with Crippen LogP contribution in [0.25, 0.3) is 0 Å². The van der Waals surface area contributed by atoms with Crippen LogP contribution in [-0.2, 0) is 14.3 Å². The van der Waals surface area contributed by atoms with Crippen molar-refractivity contribution in [2.24, 2.45) is 17.8 Å². The maximum Gasteiger partial charge on any atom is 0.411 e. The molecular formula is C27H37Br2NO5. The largest absolute Gasteiger partial charge is 0.512 e. The first-order chi connectivity index (χ1) is 16.3. The van der Waals surface area contributed by atoms with E-state index in [9.17, 15) is 14.7 Å². The molecule has 1 N–H and O–H groups in total. The number of rotatable bonds is 4. The molecule has 2 aliphatic rings. The molecule has 1 amide bonds. The molecule has 194 valence electrons. The molecular weight excluding hydrogens is 578 g/mol. The highest BCUT2D eigenvalue weighted by molar-refractivity contribution is 9.11. The van der Waals surface area contributed by atoms with Gasteiger partial charge in [-0.1, -0.05) is 59.1 Å². The molecule has 1 aliphatic carbocycles. The third-order valence-electron chi connectivity index (χ3n) is 6.75. The number of amides is 1. The van der Waals surface area contributed by atoms with Crippen molar-refractivity contribution in [2.45, 2.75) is 85.0 Å². The maximum atomic E-state index is 13.7. The Balaban J connectivity index is 2.01. The van der Waals surface area contributed by atoms with E-state index in [1.807, 2.05) is 18.2 Å². The molecule has 4 atom stereocenters. The van der Waals surface area contributed by atoms with Crippen LogP contribution in [0, 0.1) is 17.8 Å². The van der Waals surface area contributed by atoms with E-state index < -0.39 is 23.7 Å². The summed E-state index contributed by atoms with van der Waals surface area (Å²) in [5, 5.41) is 11.0. The van der Waals surface area contributed by atoms with Gasteiger partial charge in [-0.2, -0.15) is 0 Å². The molecule has 3 rings (SSSR count). The van der Waals surface area contributed by atoms with Gasteiger partial charge in [0.25, 0.3) is 0 Å². The Hall–Kier alpha value is -1.54. The van der Waals surface area contributed by atoms with Crippen molar-refractivity contribution in [3.63, 3.8) is 0 Å². The van der Waals surface area contributed by atoms with Crippen molar-refractivity contribution in [1.29, 1.82) is 0 Å². The van der Waals surface area contributed by atoms with Gasteiger partial charge in [0.2, 0.25) is 0 Å². The lowest BCUT2D eigenvalue weighted by atomic mass is 9.75. The number of benzene rings is 1. The number of aliphatic hydroxyl groups is 1. The Morgan fingerprint density at radius 2 is 1.74 bits per heavy atom. The molecule has 0 bridgehead atoms. The van der Waals surface area contributed by atoms with Gasteiger partial charge in [-0.05, 0) is 75.1 Å². The Bertz CT molecular complexity index is 964. The van der Waals surface area contributed by atoms with Crippen LogP contribution in [0.15, 0.2) is 38.5 Å². The summed E-state index contributed by atoms with van der Waals surface area (Å²) in [6.07, 6.45) is 2.32. The topological polar surface area (TPSA) is 76.1 Å². The van der Waals surface area contributed by atoms with Crippen LogP contribution in [0.2, 0.25) is 0 Å². The third-order valence-corrected chi connectivity index (χ3v) is 7.67. The first-order valence-electron chi connectivity index (χ1n) is 12.4. The molecule has 0 unspecified atom stereocenters. The number of halogens is 2. The number of carbonyl (C=O) groups is 2. The van der Waals surface area contributed by atoms with Crippen molar-refractivity contribution in [1.82, 2.24) is 4.90 Å². The lowest BCUT2D eigenvalue weighted by Gasteiger charge is -2.40. The number of esters is 1. The zero-order valence-corrected chi connectivity index (χ0v) is 24.6. The van der Waals surface area contributed by atoms with E-state index in [0.29, 0.717) is 17.4 Å². The lowest BCUT2D eigenvalue weighted by molar-refractivity contribution is -0.152. The fourth-order valence-corrected chi connectivity index (χ4v) is 6.41. The second-order valence-electron chi connectivity index (χ2n) is 11.2. The third kappa shape index (κ3) is 7.03. The van der Waals surface area contributed by atoms with Crippen molar-refractivity contribution < 1.29 is 24.2 Å². The standard InChI is InChI=1S/C27H37Br2NO5/c1-15(2)20-8-7-16(3)11-22(20)34-25(32)23-21(31)9-10-30(26(33)35-27(4,5)6)24(23)17-12-18(28)14-19(29)13-17/h12-16,20,22,24,31H,7-11H2,1-6H3/t16-,20+,22-,24-/m1/s1. The van der Waals surface area contributed by atoms with Gasteiger partial charge in [0.05, 0.1) is 6.04 Å². The molecule has 1 aliphatic heterocycles. The Kier molecular flexibility index (Phi) is 9.01. The fraction of sp³-hybridized carbons (Fsp3) is 0.630. The first-order valence-corrected chi connectivity index (χ1v) is 13.9. The van der Waals surface area contributed by atoms with Crippen molar-refractivity contribution in [2.75, 3.05) is 6.54 Å². The van der Waals surface area contributed by atoms with E-state index in [-0.39, 0.29) is 36.3 Å². The molecule has 1 heterocycles. The number of hydrogen-bond acceptors (Lipinski definition) is 5. The summed E-state index contributed by atoms with van der Waals surface area (Å²) in [6.45, 7) is 12.1. The second kappa shape index (κ2) is 11.2. The molecule has 6 nitrogen and oxygen atoms in total.